The Bertz CT molecular complexity index is 458. The van der Waals surface area contributed by atoms with E-state index < -0.39 is 0 Å². The van der Waals surface area contributed by atoms with Crippen molar-refractivity contribution in [3.8, 4) is 0 Å². The van der Waals surface area contributed by atoms with Gasteiger partial charge >= 0.3 is 0 Å². The number of hydrogen-bond acceptors (Lipinski definition) is 0. The maximum atomic E-state index is 2.40. The lowest BCUT2D eigenvalue weighted by Crippen LogP contribution is -1.92. The fraction of sp³-hybridized carbons (Fsp3) is 0.667. The van der Waals surface area contributed by atoms with Gasteiger partial charge in [-0.05, 0) is 36.0 Å². The topological polar surface area (TPSA) is 0 Å². The molecule has 0 amide bonds. The highest BCUT2D eigenvalue weighted by molar-refractivity contribution is 5.60. The molecule has 0 radical (unpaired) electrons. The van der Waals surface area contributed by atoms with E-state index in [0.717, 1.165) is 6.42 Å². The van der Waals surface area contributed by atoms with Gasteiger partial charge in [-0.3, -0.25) is 0 Å². The minimum atomic E-state index is 1.11. The maximum absolute atomic E-state index is 2.40. The summed E-state index contributed by atoms with van der Waals surface area (Å²) in [6, 6.07) is 0. The fourth-order valence-electron chi connectivity index (χ4n) is 3.88. The molecule has 134 valence electrons. The zero-order chi connectivity index (χ0) is 16.9. The summed E-state index contributed by atoms with van der Waals surface area (Å²) in [5.41, 5.74) is 4.54. The molecule has 0 bridgehead atoms. The SMILES string of the molecule is CCCCCCCCCCCCCCCC1=CC=C2C=CCC=C21. The highest BCUT2D eigenvalue weighted by Gasteiger charge is 2.14. The summed E-state index contributed by atoms with van der Waals surface area (Å²) in [7, 11) is 0. The van der Waals surface area contributed by atoms with Crippen molar-refractivity contribution in [1.29, 1.82) is 0 Å². The first-order valence-corrected chi connectivity index (χ1v) is 10.7. The molecule has 0 heteroatoms. The van der Waals surface area contributed by atoms with Crippen LogP contribution < -0.4 is 0 Å². The van der Waals surface area contributed by atoms with Crippen LogP contribution in [0, 0.1) is 0 Å². The van der Waals surface area contributed by atoms with E-state index in [1.807, 2.05) is 0 Å². The van der Waals surface area contributed by atoms with Gasteiger partial charge in [-0.1, -0.05) is 114 Å². The lowest BCUT2D eigenvalue weighted by atomic mass is 9.94. The number of hydrogen-bond donors (Lipinski definition) is 0. The lowest BCUT2D eigenvalue weighted by molar-refractivity contribution is 0.539. The van der Waals surface area contributed by atoms with Crippen LogP contribution in [0.2, 0.25) is 0 Å². The molecule has 0 saturated heterocycles. The second-order valence-electron chi connectivity index (χ2n) is 7.56. The van der Waals surface area contributed by atoms with E-state index in [1.54, 1.807) is 5.57 Å². The van der Waals surface area contributed by atoms with Gasteiger partial charge in [0.25, 0.3) is 0 Å². The molecule has 2 aliphatic rings. The zero-order valence-corrected chi connectivity index (χ0v) is 16.0. The van der Waals surface area contributed by atoms with Crippen LogP contribution in [0.15, 0.2) is 47.1 Å². The van der Waals surface area contributed by atoms with Crippen LogP contribution in [0.5, 0.6) is 0 Å². The van der Waals surface area contributed by atoms with Crippen LogP contribution in [0.25, 0.3) is 0 Å². The fourth-order valence-corrected chi connectivity index (χ4v) is 3.88. The molecule has 0 fully saturated rings. The summed E-state index contributed by atoms with van der Waals surface area (Å²) < 4.78 is 0. The molecule has 0 atom stereocenters. The first-order chi connectivity index (χ1) is 11.9. The first-order valence-electron chi connectivity index (χ1n) is 10.7. The smallest absolute Gasteiger partial charge is 0.0157 e. The van der Waals surface area contributed by atoms with Gasteiger partial charge in [0.05, 0.1) is 0 Å². The van der Waals surface area contributed by atoms with Crippen LogP contribution in [0.1, 0.15) is 103 Å². The molecular weight excluding hydrogens is 288 g/mol. The van der Waals surface area contributed by atoms with E-state index in [1.165, 1.54) is 101 Å². The lowest BCUT2D eigenvalue weighted by Gasteiger charge is -2.11. The Morgan fingerprint density at radius 1 is 0.708 bits per heavy atom. The van der Waals surface area contributed by atoms with E-state index in [0.29, 0.717) is 0 Å². The van der Waals surface area contributed by atoms with Crippen molar-refractivity contribution in [3.63, 3.8) is 0 Å². The van der Waals surface area contributed by atoms with Crippen LogP contribution in [0.4, 0.5) is 0 Å². The molecule has 0 aliphatic heterocycles. The Balaban J connectivity index is 1.36. The van der Waals surface area contributed by atoms with E-state index in [2.05, 4.69) is 37.3 Å². The van der Waals surface area contributed by atoms with E-state index in [-0.39, 0.29) is 0 Å². The quantitative estimate of drug-likeness (QED) is 0.282. The predicted molar refractivity (Wildman–Crippen MR) is 108 cm³/mol. The molecule has 2 rings (SSSR count). The first kappa shape index (κ1) is 19.3. The summed E-state index contributed by atoms with van der Waals surface area (Å²) in [6.45, 7) is 2.30. The van der Waals surface area contributed by atoms with Crippen molar-refractivity contribution in [1.82, 2.24) is 0 Å². The van der Waals surface area contributed by atoms with Gasteiger partial charge in [0.15, 0.2) is 0 Å². The number of rotatable bonds is 14. The Hall–Kier alpha value is -1.04. The molecular formula is C24H38. The Kier molecular flexibility index (Phi) is 9.92. The number of fused-ring (bicyclic) bond motifs is 1. The van der Waals surface area contributed by atoms with Gasteiger partial charge in [0.2, 0.25) is 0 Å². The van der Waals surface area contributed by atoms with Crippen LogP contribution in [-0.2, 0) is 0 Å². The molecule has 0 aromatic rings. The Labute approximate surface area is 150 Å². The molecule has 0 unspecified atom stereocenters. The third-order valence-corrected chi connectivity index (χ3v) is 5.43. The van der Waals surface area contributed by atoms with Gasteiger partial charge < -0.3 is 0 Å². The molecule has 0 spiro atoms. The van der Waals surface area contributed by atoms with Gasteiger partial charge in [0.1, 0.15) is 0 Å². The monoisotopic (exact) mass is 326 g/mol. The minimum Gasteiger partial charge on any atom is -0.0801 e. The van der Waals surface area contributed by atoms with Crippen molar-refractivity contribution in [2.75, 3.05) is 0 Å². The normalized spacial score (nSPS) is 16.0. The molecule has 0 N–H and O–H groups in total. The molecule has 2 aliphatic carbocycles. The second-order valence-corrected chi connectivity index (χ2v) is 7.56. The van der Waals surface area contributed by atoms with Gasteiger partial charge in [-0.2, -0.15) is 0 Å². The van der Waals surface area contributed by atoms with Crippen LogP contribution >= 0.6 is 0 Å². The Morgan fingerprint density at radius 3 is 1.92 bits per heavy atom. The van der Waals surface area contributed by atoms with Crippen molar-refractivity contribution in [2.45, 2.75) is 103 Å². The molecule has 0 aromatic carbocycles. The summed E-state index contributed by atoms with van der Waals surface area (Å²) in [6.07, 6.45) is 32.7. The van der Waals surface area contributed by atoms with Crippen LogP contribution in [0.3, 0.4) is 0 Å². The summed E-state index contributed by atoms with van der Waals surface area (Å²) in [4.78, 5) is 0. The highest BCUT2D eigenvalue weighted by Crippen LogP contribution is 2.33. The molecule has 0 saturated carbocycles. The molecule has 0 heterocycles. The van der Waals surface area contributed by atoms with Crippen LogP contribution in [-0.4, -0.2) is 0 Å². The van der Waals surface area contributed by atoms with Crippen molar-refractivity contribution in [3.05, 3.63) is 47.1 Å². The largest absolute Gasteiger partial charge is 0.0801 e. The average Bonchev–Trinajstić information content (AvgIpc) is 3.02. The predicted octanol–water partition coefficient (Wildman–Crippen LogP) is 8.22. The Morgan fingerprint density at radius 2 is 1.29 bits per heavy atom. The third kappa shape index (κ3) is 7.24. The third-order valence-electron chi connectivity index (χ3n) is 5.43. The molecule has 24 heavy (non-hydrogen) atoms. The van der Waals surface area contributed by atoms with E-state index >= 15 is 0 Å². The average molecular weight is 327 g/mol. The standard InChI is InChI=1S/C24H38/c1-2-3-4-5-6-7-8-9-10-11-12-13-14-17-22-20-21-23-18-15-16-19-24(22)23/h15,18-21H,2-14,16-17H2,1H3. The minimum absolute atomic E-state index is 1.11. The van der Waals surface area contributed by atoms with Gasteiger partial charge in [-0.15, -0.1) is 0 Å². The second kappa shape index (κ2) is 12.3. The van der Waals surface area contributed by atoms with Gasteiger partial charge in [0, 0.05) is 0 Å². The molecule has 0 aromatic heterocycles. The van der Waals surface area contributed by atoms with E-state index in [9.17, 15) is 0 Å². The summed E-state index contributed by atoms with van der Waals surface area (Å²) in [5.74, 6) is 0. The highest BCUT2D eigenvalue weighted by atomic mass is 14.2. The number of allylic oxidation sites excluding steroid dienone is 8. The maximum Gasteiger partial charge on any atom is -0.0157 e. The summed E-state index contributed by atoms with van der Waals surface area (Å²) in [5, 5.41) is 0. The van der Waals surface area contributed by atoms with Crippen molar-refractivity contribution in [2.24, 2.45) is 0 Å². The molecule has 0 nitrogen and oxygen atoms in total. The summed E-state index contributed by atoms with van der Waals surface area (Å²) >= 11 is 0. The number of unbranched alkanes of at least 4 members (excludes halogenated alkanes) is 12. The van der Waals surface area contributed by atoms with Gasteiger partial charge in [-0.25, -0.2) is 0 Å². The van der Waals surface area contributed by atoms with Crippen molar-refractivity contribution >= 4 is 0 Å². The van der Waals surface area contributed by atoms with Crippen molar-refractivity contribution < 1.29 is 0 Å². The zero-order valence-electron chi connectivity index (χ0n) is 16.0. The van der Waals surface area contributed by atoms with E-state index in [4.69, 9.17) is 0 Å².